The zero-order valence-corrected chi connectivity index (χ0v) is 9.45. The first-order chi connectivity index (χ1) is 6.50. The molecule has 1 aromatic rings. The lowest BCUT2D eigenvalue weighted by molar-refractivity contribution is -0.115. The third kappa shape index (κ3) is 2.85. The van der Waals surface area contributed by atoms with Crippen molar-refractivity contribution in [3.63, 3.8) is 0 Å². The van der Waals surface area contributed by atoms with Crippen molar-refractivity contribution in [1.82, 2.24) is 9.97 Å². The standard InChI is InChI=1S/C8H10ClN3OS/c1-4-5(2)12-8(7(9)11-4)14-3-6(10)13/h3H2,1-2H3,(H2,10,13). The van der Waals surface area contributed by atoms with Crippen LogP contribution < -0.4 is 5.73 Å². The van der Waals surface area contributed by atoms with E-state index in [1.54, 1.807) is 0 Å². The average Bonchev–Trinajstić information content (AvgIpc) is 2.09. The molecule has 0 aliphatic rings. The van der Waals surface area contributed by atoms with Crippen LogP contribution in [0.3, 0.4) is 0 Å². The quantitative estimate of drug-likeness (QED) is 0.797. The van der Waals surface area contributed by atoms with Gasteiger partial charge in [0.15, 0.2) is 5.15 Å². The average molecular weight is 232 g/mol. The molecule has 6 heteroatoms. The van der Waals surface area contributed by atoms with E-state index < -0.39 is 5.91 Å². The molecule has 0 radical (unpaired) electrons. The van der Waals surface area contributed by atoms with Crippen LogP contribution in [-0.4, -0.2) is 21.6 Å². The summed E-state index contributed by atoms with van der Waals surface area (Å²) >= 11 is 7.04. The first kappa shape index (κ1) is 11.3. The van der Waals surface area contributed by atoms with Crippen LogP contribution in [0.1, 0.15) is 11.4 Å². The third-order valence-corrected chi connectivity index (χ3v) is 2.95. The Morgan fingerprint density at radius 1 is 1.43 bits per heavy atom. The molecule has 0 saturated carbocycles. The second-order valence-electron chi connectivity index (χ2n) is 2.75. The summed E-state index contributed by atoms with van der Waals surface area (Å²) in [7, 11) is 0. The largest absolute Gasteiger partial charge is 0.369 e. The van der Waals surface area contributed by atoms with Gasteiger partial charge in [0.1, 0.15) is 5.03 Å². The Morgan fingerprint density at radius 2 is 2.00 bits per heavy atom. The number of primary amides is 1. The van der Waals surface area contributed by atoms with Crippen molar-refractivity contribution >= 4 is 29.3 Å². The Hall–Kier alpha value is -0.810. The number of carbonyl (C=O) groups excluding carboxylic acids is 1. The third-order valence-electron chi connectivity index (χ3n) is 1.59. The predicted molar refractivity (Wildman–Crippen MR) is 56.4 cm³/mol. The van der Waals surface area contributed by atoms with E-state index in [4.69, 9.17) is 17.3 Å². The van der Waals surface area contributed by atoms with Crippen LogP contribution >= 0.6 is 23.4 Å². The van der Waals surface area contributed by atoms with Gasteiger partial charge in [-0.2, -0.15) is 0 Å². The number of amides is 1. The molecule has 1 amide bonds. The number of rotatable bonds is 3. The number of nitrogens with two attached hydrogens (primary N) is 1. The number of hydrogen-bond donors (Lipinski definition) is 1. The van der Waals surface area contributed by atoms with Crippen molar-refractivity contribution < 1.29 is 4.79 Å². The zero-order valence-electron chi connectivity index (χ0n) is 7.87. The van der Waals surface area contributed by atoms with Crippen molar-refractivity contribution in [2.75, 3.05) is 5.75 Å². The summed E-state index contributed by atoms with van der Waals surface area (Å²) in [6.07, 6.45) is 0. The molecule has 0 bridgehead atoms. The van der Waals surface area contributed by atoms with Gasteiger partial charge in [0, 0.05) is 0 Å². The van der Waals surface area contributed by atoms with Crippen LogP contribution in [0.2, 0.25) is 5.15 Å². The summed E-state index contributed by atoms with van der Waals surface area (Å²) in [6.45, 7) is 3.67. The monoisotopic (exact) mass is 231 g/mol. The number of aromatic nitrogens is 2. The Bertz CT molecular complexity index is 370. The number of aryl methyl sites for hydroxylation is 2. The molecular weight excluding hydrogens is 222 g/mol. The van der Waals surface area contributed by atoms with Crippen LogP contribution in [0.4, 0.5) is 0 Å². The molecule has 0 aromatic carbocycles. The van der Waals surface area contributed by atoms with Crippen molar-refractivity contribution in [2.45, 2.75) is 18.9 Å². The van der Waals surface area contributed by atoms with E-state index in [2.05, 4.69) is 9.97 Å². The van der Waals surface area contributed by atoms with E-state index in [0.717, 1.165) is 11.4 Å². The minimum absolute atomic E-state index is 0.164. The first-order valence-corrected chi connectivity index (χ1v) is 5.29. The molecular formula is C8H10ClN3OS. The predicted octanol–water partition coefficient (Wildman–Crippen LogP) is 1.32. The summed E-state index contributed by atoms with van der Waals surface area (Å²) < 4.78 is 0. The van der Waals surface area contributed by atoms with Crippen LogP contribution in [-0.2, 0) is 4.79 Å². The minimum atomic E-state index is -0.397. The van der Waals surface area contributed by atoms with E-state index >= 15 is 0 Å². The van der Waals surface area contributed by atoms with Gasteiger partial charge in [0.25, 0.3) is 0 Å². The van der Waals surface area contributed by atoms with Gasteiger partial charge in [0.2, 0.25) is 5.91 Å². The topological polar surface area (TPSA) is 68.9 Å². The maximum Gasteiger partial charge on any atom is 0.227 e. The molecule has 2 N–H and O–H groups in total. The van der Waals surface area contributed by atoms with Crippen LogP contribution in [0.15, 0.2) is 5.03 Å². The van der Waals surface area contributed by atoms with Gasteiger partial charge in [-0.25, -0.2) is 9.97 Å². The summed E-state index contributed by atoms with van der Waals surface area (Å²) in [5, 5.41) is 0.868. The molecule has 0 unspecified atom stereocenters. The second kappa shape index (κ2) is 4.61. The molecule has 0 atom stereocenters. The highest BCUT2D eigenvalue weighted by Crippen LogP contribution is 2.23. The van der Waals surface area contributed by atoms with E-state index in [-0.39, 0.29) is 5.75 Å². The summed E-state index contributed by atoms with van der Waals surface area (Å²) in [5.74, 6) is -0.234. The van der Waals surface area contributed by atoms with E-state index in [1.807, 2.05) is 13.8 Å². The fourth-order valence-electron chi connectivity index (χ4n) is 0.787. The lowest BCUT2D eigenvalue weighted by Gasteiger charge is -2.04. The highest BCUT2D eigenvalue weighted by Gasteiger charge is 2.08. The van der Waals surface area contributed by atoms with Gasteiger partial charge in [-0.1, -0.05) is 23.4 Å². The van der Waals surface area contributed by atoms with Crippen molar-refractivity contribution in [2.24, 2.45) is 5.73 Å². The van der Waals surface area contributed by atoms with Gasteiger partial charge in [-0.05, 0) is 13.8 Å². The molecule has 0 saturated heterocycles. The van der Waals surface area contributed by atoms with Gasteiger partial charge in [0.05, 0.1) is 17.1 Å². The van der Waals surface area contributed by atoms with Gasteiger partial charge >= 0.3 is 0 Å². The maximum absolute atomic E-state index is 10.5. The molecule has 4 nitrogen and oxygen atoms in total. The Kier molecular flexibility index (Phi) is 3.71. The smallest absolute Gasteiger partial charge is 0.227 e. The fourth-order valence-corrected chi connectivity index (χ4v) is 1.76. The van der Waals surface area contributed by atoms with Gasteiger partial charge < -0.3 is 5.73 Å². The lowest BCUT2D eigenvalue weighted by atomic mass is 10.4. The van der Waals surface area contributed by atoms with Gasteiger partial charge in [-0.3, -0.25) is 4.79 Å². The highest BCUT2D eigenvalue weighted by molar-refractivity contribution is 8.00. The molecule has 0 spiro atoms. The number of nitrogens with zero attached hydrogens (tertiary/aromatic N) is 2. The van der Waals surface area contributed by atoms with Crippen LogP contribution in [0.25, 0.3) is 0 Å². The number of thioether (sulfide) groups is 1. The minimum Gasteiger partial charge on any atom is -0.369 e. The van der Waals surface area contributed by atoms with E-state index in [9.17, 15) is 4.79 Å². The summed E-state index contributed by atoms with van der Waals surface area (Å²) in [5.41, 5.74) is 6.60. The molecule has 0 aliphatic carbocycles. The molecule has 1 rings (SSSR count). The Balaban J connectivity index is 2.87. The highest BCUT2D eigenvalue weighted by atomic mass is 35.5. The molecule has 14 heavy (non-hydrogen) atoms. The summed E-state index contributed by atoms with van der Waals surface area (Å²) in [4.78, 5) is 18.8. The molecule has 0 aliphatic heterocycles. The lowest BCUT2D eigenvalue weighted by Crippen LogP contribution is -2.13. The van der Waals surface area contributed by atoms with E-state index in [1.165, 1.54) is 11.8 Å². The number of halogens is 1. The Labute approximate surface area is 91.3 Å². The summed E-state index contributed by atoms with van der Waals surface area (Å²) in [6, 6.07) is 0. The number of carbonyl (C=O) groups is 1. The second-order valence-corrected chi connectivity index (χ2v) is 4.07. The molecule has 1 aromatic heterocycles. The van der Waals surface area contributed by atoms with E-state index in [0.29, 0.717) is 10.2 Å². The molecule has 1 heterocycles. The van der Waals surface area contributed by atoms with Crippen LogP contribution in [0.5, 0.6) is 0 Å². The number of hydrogen-bond acceptors (Lipinski definition) is 4. The fraction of sp³-hybridized carbons (Fsp3) is 0.375. The van der Waals surface area contributed by atoms with Crippen molar-refractivity contribution in [1.29, 1.82) is 0 Å². The molecule has 0 fully saturated rings. The Morgan fingerprint density at radius 3 is 2.57 bits per heavy atom. The van der Waals surface area contributed by atoms with Crippen molar-refractivity contribution in [3.8, 4) is 0 Å². The molecule has 76 valence electrons. The zero-order chi connectivity index (χ0) is 10.7. The van der Waals surface area contributed by atoms with Gasteiger partial charge in [-0.15, -0.1) is 0 Å². The first-order valence-electron chi connectivity index (χ1n) is 3.92. The normalized spacial score (nSPS) is 10.2. The van der Waals surface area contributed by atoms with Crippen LogP contribution in [0, 0.1) is 13.8 Å². The maximum atomic E-state index is 10.5. The SMILES string of the molecule is Cc1nc(Cl)c(SCC(N)=O)nc1C. The van der Waals surface area contributed by atoms with Crippen molar-refractivity contribution in [3.05, 3.63) is 16.5 Å².